The molecule has 1 unspecified atom stereocenters. The lowest BCUT2D eigenvalue weighted by atomic mass is 9.99. The number of amides is 1. The Bertz CT molecular complexity index is 525. The highest BCUT2D eigenvalue weighted by atomic mass is 16.1. The number of aryl methyl sites for hydroxylation is 2. The molecule has 1 heterocycles. The molecule has 4 nitrogen and oxygen atoms in total. The highest BCUT2D eigenvalue weighted by molar-refractivity contribution is 6.00. The first-order chi connectivity index (χ1) is 9.49. The number of hydrogen-bond acceptors (Lipinski definition) is 3. The van der Waals surface area contributed by atoms with Gasteiger partial charge in [0.2, 0.25) is 5.91 Å². The summed E-state index contributed by atoms with van der Waals surface area (Å²) >= 11 is 0. The molecule has 0 bridgehead atoms. The molecule has 1 saturated heterocycles. The molecule has 0 aromatic heterocycles. The Hall–Kier alpha value is -1.68. The fraction of sp³-hybridized carbons (Fsp3) is 0.500. The van der Waals surface area contributed by atoms with Gasteiger partial charge in [0, 0.05) is 31.6 Å². The Morgan fingerprint density at radius 2 is 2.00 bits per heavy atom. The van der Waals surface area contributed by atoms with Crippen LogP contribution < -0.4 is 5.32 Å². The lowest BCUT2D eigenvalue weighted by Gasteiger charge is -2.26. The summed E-state index contributed by atoms with van der Waals surface area (Å²) in [6, 6.07) is 5.64. The Morgan fingerprint density at radius 3 is 2.70 bits per heavy atom. The zero-order chi connectivity index (χ0) is 14.7. The van der Waals surface area contributed by atoms with Crippen LogP contribution in [-0.2, 0) is 4.79 Å². The van der Waals surface area contributed by atoms with E-state index in [4.69, 9.17) is 0 Å². The average molecular weight is 274 g/mol. The summed E-state index contributed by atoms with van der Waals surface area (Å²) in [7, 11) is 0. The van der Waals surface area contributed by atoms with Crippen LogP contribution in [0.1, 0.15) is 34.8 Å². The Balaban J connectivity index is 2.11. The van der Waals surface area contributed by atoms with Crippen LogP contribution in [0.3, 0.4) is 0 Å². The van der Waals surface area contributed by atoms with Gasteiger partial charge in [-0.2, -0.15) is 0 Å². The van der Waals surface area contributed by atoms with Crippen LogP contribution in [0, 0.1) is 13.8 Å². The molecule has 1 N–H and O–H groups in total. The van der Waals surface area contributed by atoms with Crippen molar-refractivity contribution in [3.8, 4) is 0 Å². The van der Waals surface area contributed by atoms with E-state index in [1.54, 1.807) is 0 Å². The summed E-state index contributed by atoms with van der Waals surface area (Å²) in [6.45, 7) is 7.97. The monoisotopic (exact) mass is 274 g/mol. The van der Waals surface area contributed by atoms with Gasteiger partial charge in [-0.25, -0.2) is 0 Å². The molecule has 0 saturated carbocycles. The maximum absolute atomic E-state index is 12.6. The predicted molar refractivity (Wildman–Crippen MR) is 78.9 cm³/mol. The van der Waals surface area contributed by atoms with Gasteiger partial charge >= 0.3 is 0 Å². The fourth-order valence-corrected chi connectivity index (χ4v) is 2.47. The van der Waals surface area contributed by atoms with E-state index in [9.17, 15) is 9.59 Å². The Kier molecular flexibility index (Phi) is 4.55. The van der Waals surface area contributed by atoms with E-state index in [1.807, 2.05) is 39.0 Å². The van der Waals surface area contributed by atoms with Crippen LogP contribution in [0.15, 0.2) is 18.2 Å². The van der Waals surface area contributed by atoms with Crippen molar-refractivity contribution >= 4 is 11.7 Å². The van der Waals surface area contributed by atoms with Gasteiger partial charge in [-0.15, -0.1) is 0 Å². The molecule has 108 valence electrons. The van der Waals surface area contributed by atoms with Crippen LogP contribution in [0.4, 0.5) is 0 Å². The quantitative estimate of drug-likeness (QED) is 0.853. The van der Waals surface area contributed by atoms with E-state index >= 15 is 0 Å². The number of carbonyl (C=O) groups is 2. The summed E-state index contributed by atoms with van der Waals surface area (Å²) < 4.78 is 0. The zero-order valence-corrected chi connectivity index (χ0v) is 12.4. The number of nitrogens with one attached hydrogen (secondary N) is 1. The van der Waals surface area contributed by atoms with Crippen molar-refractivity contribution in [2.75, 3.05) is 19.6 Å². The molecule has 1 aliphatic rings. The van der Waals surface area contributed by atoms with Gasteiger partial charge in [-0.1, -0.05) is 12.1 Å². The molecule has 1 aliphatic heterocycles. The SMILES string of the molecule is Cc1ccc(C(=O)C(C)N2CCNC(=O)CC2)cc1C. The largest absolute Gasteiger partial charge is 0.355 e. The molecule has 0 aliphatic carbocycles. The summed E-state index contributed by atoms with van der Waals surface area (Å²) in [5.74, 6) is 0.195. The lowest BCUT2D eigenvalue weighted by molar-refractivity contribution is -0.120. The molecule has 1 aromatic rings. The highest BCUT2D eigenvalue weighted by Crippen LogP contribution is 2.14. The second-order valence-corrected chi connectivity index (χ2v) is 5.48. The van der Waals surface area contributed by atoms with Gasteiger partial charge in [0.25, 0.3) is 0 Å². The van der Waals surface area contributed by atoms with E-state index in [0.29, 0.717) is 19.5 Å². The van der Waals surface area contributed by atoms with Crippen LogP contribution in [0.5, 0.6) is 0 Å². The first kappa shape index (κ1) is 14.7. The summed E-state index contributed by atoms with van der Waals surface area (Å²) in [5.41, 5.74) is 3.08. The molecule has 0 radical (unpaired) electrons. The smallest absolute Gasteiger partial charge is 0.221 e. The van der Waals surface area contributed by atoms with E-state index in [-0.39, 0.29) is 17.7 Å². The molecule has 1 atom stereocenters. The number of benzene rings is 1. The van der Waals surface area contributed by atoms with E-state index in [0.717, 1.165) is 17.7 Å². The minimum Gasteiger partial charge on any atom is -0.355 e. The molecule has 4 heteroatoms. The van der Waals surface area contributed by atoms with Gasteiger partial charge in [0.1, 0.15) is 0 Å². The zero-order valence-electron chi connectivity index (χ0n) is 12.4. The topological polar surface area (TPSA) is 49.4 Å². The second kappa shape index (κ2) is 6.18. The van der Waals surface area contributed by atoms with Crippen LogP contribution in [0.2, 0.25) is 0 Å². The normalized spacial score (nSPS) is 18.2. The standard InChI is InChI=1S/C16H22N2O2/c1-11-4-5-14(10-12(11)2)16(20)13(3)18-8-6-15(19)17-7-9-18/h4-5,10,13H,6-9H2,1-3H3,(H,17,19). The van der Waals surface area contributed by atoms with Crippen LogP contribution >= 0.6 is 0 Å². The van der Waals surface area contributed by atoms with Gasteiger partial charge < -0.3 is 5.32 Å². The van der Waals surface area contributed by atoms with Crippen LogP contribution in [0.25, 0.3) is 0 Å². The third-order valence-corrected chi connectivity index (χ3v) is 4.07. The lowest BCUT2D eigenvalue weighted by Crippen LogP contribution is -2.41. The van der Waals surface area contributed by atoms with Gasteiger partial charge in [0.05, 0.1) is 6.04 Å². The fourth-order valence-electron chi connectivity index (χ4n) is 2.47. The average Bonchev–Trinajstić information content (AvgIpc) is 2.65. The molecule has 1 fully saturated rings. The number of Topliss-reactive ketones (excluding diaryl/α,β-unsaturated/α-hetero) is 1. The number of rotatable bonds is 3. The second-order valence-electron chi connectivity index (χ2n) is 5.48. The summed E-state index contributed by atoms with van der Waals surface area (Å²) in [4.78, 5) is 26.0. The number of hydrogen-bond donors (Lipinski definition) is 1. The molecule has 2 rings (SSSR count). The van der Waals surface area contributed by atoms with Gasteiger partial charge in [0.15, 0.2) is 5.78 Å². The molecule has 0 spiro atoms. The van der Waals surface area contributed by atoms with Crippen molar-refractivity contribution in [1.82, 2.24) is 10.2 Å². The van der Waals surface area contributed by atoms with Crippen molar-refractivity contribution in [3.63, 3.8) is 0 Å². The summed E-state index contributed by atoms with van der Waals surface area (Å²) in [5, 5.41) is 2.83. The van der Waals surface area contributed by atoms with Crippen molar-refractivity contribution in [3.05, 3.63) is 34.9 Å². The Labute approximate surface area is 120 Å². The van der Waals surface area contributed by atoms with E-state index in [1.165, 1.54) is 5.56 Å². The number of nitrogens with zero attached hydrogens (tertiary/aromatic N) is 1. The first-order valence-corrected chi connectivity index (χ1v) is 7.11. The molecular weight excluding hydrogens is 252 g/mol. The van der Waals surface area contributed by atoms with Crippen molar-refractivity contribution in [2.24, 2.45) is 0 Å². The predicted octanol–water partition coefficient (Wildman–Crippen LogP) is 1.70. The Morgan fingerprint density at radius 1 is 1.25 bits per heavy atom. The summed E-state index contributed by atoms with van der Waals surface area (Å²) in [6.07, 6.45) is 0.463. The number of carbonyl (C=O) groups excluding carboxylic acids is 2. The van der Waals surface area contributed by atoms with E-state index in [2.05, 4.69) is 10.2 Å². The van der Waals surface area contributed by atoms with Crippen molar-refractivity contribution < 1.29 is 9.59 Å². The third-order valence-electron chi connectivity index (χ3n) is 4.07. The molecule has 1 aromatic carbocycles. The first-order valence-electron chi connectivity index (χ1n) is 7.11. The third kappa shape index (κ3) is 3.25. The van der Waals surface area contributed by atoms with Crippen LogP contribution in [-0.4, -0.2) is 42.3 Å². The number of ketones is 1. The highest BCUT2D eigenvalue weighted by Gasteiger charge is 2.24. The maximum Gasteiger partial charge on any atom is 0.221 e. The van der Waals surface area contributed by atoms with Crippen molar-refractivity contribution in [1.29, 1.82) is 0 Å². The minimum atomic E-state index is -0.190. The van der Waals surface area contributed by atoms with Gasteiger partial charge in [-0.05, 0) is 38.0 Å². The van der Waals surface area contributed by atoms with E-state index < -0.39 is 0 Å². The minimum absolute atomic E-state index is 0.0679. The van der Waals surface area contributed by atoms with Crippen molar-refractivity contribution in [2.45, 2.75) is 33.2 Å². The molecular formula is C16H22N2O2. The van der Waals surface area contributed by atoms with Gasteiger partial charge in [-0.3, -0.25) is 14.5 Å². The molecule has 20 heavy (non-hydrogen) atoms. The molecule has 1 amide bonds. The maximum atomic E-state index is 12.6.